The summed E-state index contributed by atoms with van der Waals surface area (Å²) in [6.45, 7) is 5.04. The molecule has 1 aromatic rings. The van der Waals surface area contributed by atoms with Gasteiger partial charge >= 0.3 is 0 Å². The second kappa shape index (κ2) is 6.84. The highest BCUT2D eigenvalue weighted by Gasteiger charge is 2.24. The lowest BCUT2D eigenvalue weighted by atomic mass is 10.00. The highest BCUT2D eigenvalue weighted by molar-refractivity contribution is 6.32. The van der Waals surface area contributed by atoms with Crippen LogP contribution >= 0.6 is 11.6 Å². The van der Waals surface area contributed by atoms with Gasteiger partial charge < -0.3 is 14.4 Å². The van der Waals surface area contributed by atoms with E-state index in [0.717, 1.165) is 25.9 Å². The normalized spacial score (nSPS) is 25.3. The molecule has 0 N–H and O–H groups in total. The van der Waals surface area contributed by atoms with Gasteiger partial charge in [-0.3, -0.25) is 4.79 Å². The molecule has 2 saturated heterocycles. The number of carbonyl (C=O) groups excluding carboxylic acids is 1. The third kappa shape index (κ3) is 3.52. The minimum atomic E-state index is -0.00510. The standard InChI is InChI=1S/C16H21ClN2O3/c1-11-3-2-5-19(9-11)16(20)12-7-14(17)15(18-8-12)22-13-4-6-21-10-13/h7-8,11,13H,2-6,9-10H2,1H3. The molecular formula is C16H21ClN2O3. The summed E-state index contributed by atoms with van der Waals surface area (Å²) in [6.07, 6.45) is 4.62. The Labute approximate surface area is 135 Å². The van der Waals surface area contributed by atoms with Gasteiger partial charge in [0.25, 0.3) is 5.91 Å². The van der Waals surface area contributed by atoms with E-state index in [1.54, 1.807) is 12.3 Å². The van der Waals surface area contributed by atoms with Crippen LogP contribution in [0.5, 0.6) is 5.88 Å². The molecule has 1 aromatic heterocycles. The summed E-state index contributed by atoms with van der Waals surface area (Å²) in [7, 11) is 0. The minimum absolute atomic E-state index is 0.00306. The van der Waals surface area contributed by atoms with Gasteiger partial charge in [-0.05, 0) is 24.8 Å². The molecule has 0 spiro atoms. The molecule has 2 aliphatic rings. The molecule has 0 aromatic carbocycles. The number of amides is 1. The van der Waals surface area contributed by atoms with E-state index >= 15 is 0 Å². The quantitative estimate of drug-likeness (QED) is 0.858. The summed E-state index contributed by atoms with van der Waals surface area (Å²) in [5.41, 5.74) is 0.522. The maximum absolute atomic E-state index is 12.5. The van der Waals surface area contributed by atoms with E-state index in [1.165, 1.54) is 6.42 Å². The van der Waals surface area contributed by atoms with Crippen LogP contribution in [0.4, 0.5) is 0 Å². The Bertz CT molecular complexity index is 546. The van der Waals surface area contributed by atoms with Crippen molar-refractivity contribution >= 4 is 17.5 Å². The number of carbonyl (C=O) groups is 1. The van der Waals surface area contributed by atoms with Crippen LogP contribution in [0.2, 0.25) is 5.02 Å². The van der Waals surface area contributed by atoms with E-state index in [4.69, 9.17) is 21.1 Å². The first-order chi connectivity index (χ1) is 10.6. The Hall–Kier alpha value is -1.33. The number of nitrogens with zero attached hydrogens (tertiary/aromatic N) is 2. The Balaban J connectivity index is 1.69. The van der Waals surface area contributed by atoms with Crippen molar-refractivity contribution in [3.05, 3.63) is 22.8 Å². The predicted octanol–water partition coefficient (Wildman–Crippen LogP) is 2.77. The fourth-order valence-corrected chi connectivity index (χ4v) is 3.16. The molecule has 2 fully saturated rings. The average molecular weight is 325 g/mol. The molecule has 0 saturated carbocycles. The van der Waals surface area contributed by atoms with Crippen molar-refractivity contribution < 1.29 is 14.3 Å². The molecule has 0 bridgehead atoms. The van der Waals surface area contributed by atoms with Crippen LogP contribution < -0.4 is 4.74 Å². The molecule has 3 rings (SSSR count). The number of hydrogen-bond acceptors (Lipinski definition) is 4. The summed E-state index contributed by atoms with van der Waals surface area (Å²) in [5, 5.41) is 0.378. The maximum atomic E-state index is 12.5. The number of aromatic nitrogens is 1. The van der Waals surface area contributed by atoms with Gasteiger partial charge in [0, 0.05) is 25.7 Å². The van der Waals surface area contributed by atoms with E-state index < -0.39 is 0 Å². The van der Waals surface area contributed by atoms with Crippen molar-refractivity contribution in [1.29, 1.82) is 0 Å². The lowest BCUT2D eigenvalue weighted by Gasteiger charge is -2.31. The summed E-state index contributed by atoms with van der Waals surface area (Å²) < 4.78 is 11.0. The number of likely N-dealkylation sites (tertiary alicyclic amines) is 1. The van der Waals surface area contributed by atoms with Gasteiger partial charge in [0.2, 0.25) is 5.88 Å². The first kappa shape index (κ1) is 15.6. The van der Waals surface area contributed by atoms with Crippen molar-refractivity contribution in [2.75, 3.05) is 26.3 Å². The lowest BCUT2D eigenvalue weighted by molar-refractivity contribution is 0.0682. The molecule has 2 unspecified atom stereocenters. The Morgan fingerprint density at radius 2 is 2.36 bits per heavy atom. The Kier molecular flexibility index (Phi) is 4.84. The van der Waals surface area contributed by atoms with Gasteiger partial charge in [0.05, 0.1) is 18.8 Å². The highest BCUT2D eigenvalue weighted by atomic mass is 35.5. The third-order valence-corrected chi connectivity index (χ3v) is 4.44. The van der Waals surface area contributed by atoms with Crippen molar-refractivity contribution in [2.45, 2.75) is 32.3 Å². The van der Waals surface area contributed by atoms with Crippen LogP contribution in [-0.2, 0) is 4.74 Å². The molecule has 1 amide bonds. The first-order valence-electron chi connectivity index (χ1n) is 7.82. The van der Waals surface area contributed by atoms with Gasteiger partial charge in [0.1, 0.15) is 11.1 Å². The topological polar surface area (TPSA) is 51.7 Å². The van der Waals surface area contributed by atoms with Crippen LogP contribution in [0.15, 0.2) is 12.3 Å². The van der Waals surface area contributed by atoms with Crippen LogP contribution in [0.1, 0.15) is 36.5 Å². The zero-order valence-electron chi connectivity index (χ0n) is 12.8. The van der Waals surface area contributed by atoms with Crippen LogP contribution in [-0.4, -0.2) is 48.2 Å². The number of hydrogen-bond donors (Lipinski definition) is 0. The smallest absolute Gasteiger partial charge is 0.255 e. The summed E-state index contributed by atoms with van der Waals surface area (Å²) >= 11 is 6.22. The van der Waals surface area contributed by atoms with Gasteiger partial charge in [-0.15, -0.1) is 0 Å². The Morgan fingerprint density at radius 3 is 3.05 bits per heavy atom. The molecule has 2 aliphatic heterocycles. The first-order valence-corrected chi connectivity index (χ1v) is 8.20. The fourth-order valence-electron chi connectivity index (χ4n) is 2.95. The van der Waals surface area contributed by atoms with Crippen molar-refractivity contribution in [1.82, 2.24) is 9.88 Å². The monoisotopic (exact) mass is 324 g/mol. The lowest BCUT2D eigenvalue weighted by Crippen LogP contribution is -2.39. The van der Waals surface area contributed by atoms with Crippen molar-refractivity contribution in [3.8, 4) is 5.88 Å². The molecule has 5 nitrogen and oxygen atoms in total. The molecule has 0 aliphatic carbocycles. The predicted molar refractivity (Wildman–Crippen MR) is 83.4 cm³/mol. The van der Waals surface area contributed by atoms with Crippen LogP contribution in [0, 0.1) is 5.92 Å². The molecule has 3 heterocycles. The average Bonchev–Trinajstić information content (AvgIpc) is 3.01. The molecule has 2 atom stereocenters. The zero-order chi connectivity index (χ0) is 15.5. The van der Waals surface area contributed by atoms with Crippen LogP contribution in [0.25, 0.3) is 0 Å². The maximum Gasteiger partial charge on any atom is 0.255 e. The number of ether oxygens (including phenoxy) is 2. The summed E-state index contributed by atoms with van der Waals surface area (Å²) in [6, 6.07) is 1.65. The number of halogens is 1. The minimum Gasteiger partial charge on any atom is -0.471 e. The second-order valence-corrected chi connectivity index (χ2v) is 6.52. The molecule has 0 radical (unpaired) electrons. The van der Waals surface area contributed by atoms with Gasteiger partial charge in [0.15, 0.2) is 0 Å². The molecule has 120 valence electrons. The second-order valence-electron chi connectivity index (χ2n) is 6.11. The fraction of sp³-hybridized carbons (Fsp3) is 0.625. The van der Waals surface area contributed by atoms with Gasteiger partial charge in [-0.25, -0.2) is 4.98 Å². The molecule has 6 heteroatoms. The largest absolute Gasteiger partial charge is 0.471 e. The number of pyridine rings is 1. The number of rotatable bonds is 3. The van der Waals surface area contributed by atoms with E-state index in [-0.39, 0.29) is 12.0 Å². The molecular weight excluding hydrogens is 304 g/mol. The summed E-state index contributed by atoms with van der Waals surface area (Å²) in [5.74, 6) is 0.920. The van der Waals surface area contributed by atoms with Crippen molar-refractivity contribution in [2.24, 2.45) is 5.92 Å². The van der Waals surface area contributed by atoms with Gasteiger partial charge in [-0.2, -0.15) is 0 Å². The van der Waals surface area contributed by atoms with Gasteiger partial charge in [-0.1, -0.05) is 18.5 Å². The van der Waals surface area contributed by atoms with E-state index in [9.17, 15) is 4.79 Å². The Morgan fingerprint density at radius 1 is 1.50 bits per heavy atom. The number of piperidine rings is 1. The molecule has 22 heavy (non-hydrogen) atoms. The third-order valence-electron chi connectivity index (χ3n) is 4.16. The van der Waals surface area contributed by atoms with E-state index in [1.807, 2.05) is 4.90 Å². The van der Waals surface area contributed by atoms with E-state index in [2.05, 4.69) is 11.9 Å². The highest BCUT2D eigenvalue weighted by Crippen LogP contribution is 2.26. The van der Waals surface area contributed by atoms with E-state index in [0.29, 0.717) is 35.6 Å². The zero-order valence-corrected chi connectivity index (χ0v) is 13.5. The van der Waals surface area contributed by atoms with Crippen LogP contribution in [0.3, 0.4) is 0 Å². The SMILES string of the molecule is CC1CCCN(C(=O)c2cnc(OC3CCOC3)c(Cl)c2)C1. The summed E-state index contributed by atoms with van der Waals surface area (Å²) in [4.78, 5) is 18.6. The van der Waals surface area contributed by atoms with Crippen molar-refractivity contribution in [3.63, 3.8) is 0 Å².